The summed E-state index contributed by atoms with van der Waals surface area (Å²) < 4.78 is 65.7. The molecule has 1 aliphatic rings. The molecule has 28 heteroatoms. The fourth-order valence-electron chi connectivity index (χ4n) is 2.86. The first-order valence-corrected chi connectivity index (χ1v) is 16.4. The summed E-state index contributed by atoms with van der Waals surface area (Å²) in [5.41, 5.74) is 6.00. The van der Waals surface area contributed by atoms with Crippen molar-refractivity contribution in [1.29, 1.82) is 0 Å². The van der Waals surface area contributed by atoms with E-state index >= 15 is 0 Å². The molecule has 1 saturated heterocycles. The third-order valence-corrected chi connectivity index (χ3v) is 8.75. The maximum atomic E-state index is 11.8. The summed E-state index contributed by atoms with van der Waals surface area (Å²) in [5.74, 6) is 0.0426. The van der Waals surface area contributed by atoms with Gasteiger partial charge < -0.3 is 60.3 Å². The van der Waals surface area contributed by atoms with E-state index in [0.29, 0.717) is 0 Å². The van der Waals surface area contributed by atoms with Crippen molar-refractivity contribution in [3.05, 3.63) is 12.7 Å². The Kier molecular flexibility index (Phi) is 12.2. The fraction of sp³-hybridized carbons (Fsp3) is 0.615. The number of fused-ring (bicyclic) bond motifs is 1. The van der Waals surface area contributed by atoms with Gasteiger partial charge in [0.2, 0.25) is 0 Å². The summed E-state index contributed by atoms with van der Waals surface area (Å²) in [6.45, 7) is -2.11. The molecule has 3 unspecified atom stereocenters. The van der Waals surface area contributed by atoms with Crippen LogP contribution in [0.15, 0.2) is 12.7 Å². The highest BCUT2D eigenvalue weighted by Crippen LogP contribution is 2.66. The second-order valence-electron chi connectivity index (χ2n) is 7.64. The summed E-state index contributed by atoms with van der Waals surface area (Å²) in [7, 11) is -21.2. The van der Waals surface area contributed by atoms with E-state index in [1.807, 2.05) is 0 Å². The zero-order valence-corrected chi connectivity index (χ0v) is 23.5. The molecule has 0 aromatic carbocycles. The molecule has 2 aromatic heterocycles. The van der Waals surface area contributed by atoms with Crippen LogP contribution in [0.1, 0.15) is 6.23 Å². The SMILES string of the molecule is Nc1ncnc2c1ncn2[C@@H]1O[C@H](COP(=O)(O)OP(=O)(O)OP(=O)(O)O)[C@@H](O)[C@H]1O.O=P(O)(O)OCC(O)CO. The number of imidazole rings is 1. The molecule has 7 atom stereocenters. The molecule has 12 N–H and O–H groups in total. The van der Waals surface area contributed by atoms with Crippen LogP contribution in [0, 0.1) is 0 Å². The van der Waals surface area contributed by atoms with E-state index in [0.717, 1.165) is 6.33 Å². The lowest BCUT2D eigenvalue weighted by molar-refractivity contribution is -0.0503. The predicted molar refractivity (Wildman–Crippen MR) is 127 cm³/mol. The lowest BCUT2D eigenvalue weighted by Crippen LogP contribution is -2.33. The molecule has 0 amide bonds. The van der Waals surface area contributed by atoms with Gasteiger partial charge >= 0.3 is 31.3 Å². The van der Waals surface area contributed by atoms with Gasteiger partial charge in [0.05, 0.1) is 26.1 Å². The quantitative estimate of drug-likeness (QED) is 0.0985. The number of phosphoric ester groups is 2. The summed E-state index contributed by atoms with van der Waals surface area (Å²) in [5, 5.41) is 37.1. The van der Waals surface area contributed by atoms with E-state index in [2.05, 4.69) is 32.6 Å². The number of rotatable bonds is 12. The van der Waals surface area contributed by atoms with Crippen LogP contribution >= 0.6 is 31.3 Å². The smallest absolute Gasteiger partial charge is 0.394 e. The van der Waals surface area contributed by atoms with E-state index in [1.54, 1.807) is 0 Å². The van der Waals surface area contributed by atoms with Crippen LogP contribution in [0.3, 0.4) is 0 Å². The van der Waals surface area contributed by atoms with Crippen LogP contribution in [0.5, 0.6) is 0 Å². The monoisotopic (exact) mass is 679 g/mol. The van der Waals surface area contributed by atoms with Crippen molar-refractivity contribution in [2.75, 3.05) is 25.6 Å². The number of nitrogens with two attached hydrogens (primary N) is 1. The van der Waals surface area contributed by atoms with Crippen LogP contribution in [-0.2, 0) is 40.7 Å². The lowest BCUT2D eigenvalue weighted by Gasteiger charge is -2.19. The van der Waals surface area contributed by atoms with Crippen molar-refractivity contribution in [1.82, 2.24) is 19.5 Å². The number of nitrogen functional groups attached to an aromatic ring is 1. The fourth-order valence-corrected chi connectivity index (χ4v) is 6.26. The first-order valence-electron chi connectivity index (χ1n) is 10.4. The van der Waals surface area contributed by atoms with Gasteiger partial charge in [-0.2, -0.15) is 8.62 Å². The highest BCUT2D eigenvalue weighted by Gasteiger charge is 2.47. The Morgan fingerprint density at radius 2 is 1.56 bits per heavy atom. The Labute approximate surface area is 227 Å². The number of ether oxygens (including phenoxy) is 1. The second kappa shape index (κ2) is 14.0. The predicted octanol–water partition coefficient (Wildman–Crippen LogP) is -3.18. The number of aliphatic hydroxyl groups excluding tert-OH is 4. The first-order chi connectivity index (χ1) is 18.6. The highest BCUT2D eigenvalue weighted by molar-refractivity contribution is 7.66. The Hall–Kier alpha value is -1.33. The van der Waals surface area contributed by atoms with Gasteiger partial charge in [-0.15, -0.1) is 0 Å². The molecular formula is C13H25N5O19P4. The molecule has 1 aliphatic heterocycles. The minimum atomic E-state index is -5.70. The van der Waals surface area contributed by atoms with Gasteiger partial charge in [0.25, 0.3) is 0 Å². The average Bonchev–Trinajstić information content (AvgIpc) is 3.36. The van der Waals surface area contributed by atoms with E-state index < -0.39 is 81.8 Å². The molecule has 41 heavy (non-hydrogen) atoms. The Bertz CT molecular complexity index is 1360. The van der Waals surface area contributed by atoms with Gasteiger partial charge in [-0.1, -0.05) is 0 Å². The minimum Gasteiger partial charge on any atom is -0.394 e. The largest absolute Gasteiger partial charge is 0.490 e. The average molecular weight is 679 g/mol. The molecule has 0 bridgehead atoms. The van der Waals surface area contributed by atoms with E-state index in [9.17, 15) is 33.4 Å². The van der Waals surface area contributed by atoms with Gasteiger partial charge in [-0.3, -0.25) is 13.6 Å². The number of aliphatic hydroxyl groups is 4. The lowest BCUT2D eigenvalue weighted by atomic mass is 10.1. The molecule has 0 spiro atoms. The summed E-state index contributed by atoms with van der Waals surface area (Å²) in [4.78, 5) is 63.4. The maximum absolute atomic E-state index is 11.8. The third kappa shape index (κ3) is 11.4. The summed E-state index contributed by atoms with van der Waals surface area (Å²) in [6.07, 6.45) is -4.93. The molecule has 3 rings (SSSR count). The normalized spacial score (nSPS) is 25.2. The zero-order valence-electron chi connectivity index (χ0n) is 20.0. The third-order valence-electron chi connectivity index (χ3n) is 4.46. The van der Waals surface area contributed by atoms with Crippen molar-refractivity contribution < 1.29 is 90.5 Å². The number of hydrogen-bond acceptors (Lipinski definition) is 17. The van der Waals surface area contributed by atoms with E-state index in [-0.39, 0.29) is 17.0 Å². The van der Waals surface area contributed by atoms with Crippen molar-refractivity contribution in [3.8, 4) is 0 Å². The number of hydrogen-bond donors (Lipinski definition) is 11. The standard InChI is InChI=1S/C10H16N5O13P3.C3H9O6P/c11-8-5-9(13-2-12-8)15(3-14-5)10-7(17)6(16)4(26-10)1-25-30(21,22)28-31(23,24)27-29(18,19)20;4-1-3(5)2-9-10(6,7)8/h2-4,6-7,10,16-17H,1H2,(H,21,22)(H,23,24)(H2,11,12,13)(H2,18,19,20);3-5H,1-2H2,(H2,6,7,8)/t4-,6-,7-,10-;/m1./s1. The molecule has 24 nitrogen and oxygen atoms in total. The van der Waals surface area contributed by atoms with Crippen LogP contribution in [0.4, 0.5) is 5.82 Å². The topological polar surface area (TPSA) is 386 Å². The van der Waals surface area contributed by atoms with Gasteiger partial charge in [0.1, 0.15) is 36.3 Å². The Morgan fingerprint density at radius 1 is 0.927 bits per heavy atom. The van der Waals surface area contributed by atoms with Crippen molar-refractivity contribution >= 4 is 48.3 Å². The maximum Gasteiger partial charge on any atom is 0.490 e. The number of anilines is 1. The summed E-state index contributed by atoms with van der Waals surface area (Å²) in [6, 6.07) is 0. The molecule has 1 fully saturated rings. The Morgan fingerprint density at radius 3 is 2.12 bits per heavy atom. The van der Waals surface area contributed by atoms with E-state index in [4.69, 9.17) is 45.2 Å². The van der Waals surface area contributed by atoms with Crippen LogP contribution < -0.4 is 5.73 Å². The number of nitrogens with zero attached hydrogens (tertiary/aromatic N) is 4. The summed E-state index contributed by atoms with van der Waals surface area (Å²) >= 11 is 0. The number of phosphoric acid groups is 4. The molecule has 236 valence electrons. The highest BCUT2D eigenvalue weighted by atomic mass is 31.3. The molecule has 0 saturated carbocycles. The van der Waals surface area contributed by atoms with Crippen molar-refractivity contribution in [2.24, 2.45) is 0 Å². The Balaban J connectivity index is 0.000000503. The van der Waals surface area contributed by atoms with Gasteiger partial charge in [0, 0.05) is 0 Å². The minimum absolute atomic E-state index is 0.0426. The molecule has 0 aliphatic carbocycles. The second-order valence-corrected chi connectivity index (χ2v) is 13.3. The molecule has 2 aromatic rings. The van der Waals surface area contributed by atoms with Gasteiger partial charge in [0.15, 0.2) is 17.7 Å². The van der Waals surface area contributed by atoms with E-state index in [1.165, 1.54) is 10.9 Å². The van der Waals surface area contributed by atoms with Crippen LogP contribution in [0.25, 0.3) is 11.2 Å². The number of aromatic nitrogens is 4. The van der Waals surface area contributed by atoms with Crippen LogP contribution in [0.2, 0.25) is 0 Å². The van der Waals surface area contributed by atoms with Gasteiger partial charge in [-0.05, 0) is 0 Å². The zero-order chi connectivity index (χ0) is 31.4. The van der Waals surface area contributed by atoms with Crippen molar-refractivity contribution in [3.63, 3.8) is 0 Å². The first kappa shape index (κ1) is 35.9. The van der Waals surface area contributed by atoms with Crippen LogP contribution in [-0.4, -0.2) is 114 Å². The molecular weight excluding hydrogens is 654 g/mol. The molecule has 3 heterocycles. The molecule has 0 radical (unpaired) electrons. The van der Waals surface area contributed by atoms with Crippen molar-refractivity contribution in [2.45, 2.75) is 30.6 Å². The van der Waals surface area contributed by atoms with Gasteiger partial charge in [-0.25, -0.2) is 33.2 Å².